The van der Waals surface area contributed by atoms with Gasteiger partial charge in [-0.2, -0.15) is 0 Å². The number of rotatable bonds is 4. The number of benzene rings is 2. The van der Waals surface area contributed by atoms with Gasteiger partial charge in [-0.15, -0.1) is 0 Å². The SMILES string of the molecule is CCc1ccc(N2C(=O)/C(=C\c3cc(C)n(-c4ccc(Cl)c(Cl)c4)c3C)C(=O)NC2=S)cc1. The third-order valence-electron chi connectivity index (χ3n) is 5.64. The molecule has 1 fully saturated rings. The van der Waals surface area contributed by atoms with E-state index in [4.69, 9.17) is 35.4 Å². The van der Waals surface area contributed by atoms with E-state index in [1.165, 1.54) is 4.90 Å². The second-order valence-corrected chi connectivity index (χ2v) is 8.94. The van der Waals surface area contributed by atoms with Gasteiger partial charge in [0.25, 0.3) is 11.8 Å². The molecule has 0 atom stereocenters. The number of anilines is 1. The van der Waals surface area contributed by atoms with E-state index in [-0.39, 0.29) is 10.7 Å². The Balaban J connectivity index is 1.74. The molecule has 2 aromatic carbocycles. The summed E-state index contributed by atoms with van der Waals surface area (Å²) < 4.78 is 1.99. The minimum absolute atomic E-state index is 0.0116. The van der Waals surface area contributed by atoms with E-state index in [1.54, 1.807) is 18.2 Å². The summed E-state index contributed by atoms with van der Waals surface area (Å²) in [6.45, 7) is 5.91. The Morgan fingerprint density at radius 2 is 1.64 bits per heavy atom. The summed E-state index contributed by atoms with van der Waals surface area (Å²) in [5.41, 5.74) is 5.11. The molecule has 5 nitrogen and oxygen atoms in total. The van der Waals surface area contributed by atoms with Gasteiger partial charge in [-0.1, -0.05) is 42.3 Å². The van der Waals surface area contributed by atoms with Crippen molar-refractivity contribution in [3.05, 3.63) is 86.7 Å². The first-order valence-electron chi connectivity index (χ1n) is 10.4. The second kappa shape index (κ2) is 9.14. The lowest BCUT2D eigenvalue weighted by molar-refractivity contribution is -0.122. The fourth-order valence-electron chi connectivity index (χ4n) is 3.88. The summed E-state index contributed by atoms with van der Waals surface area (Å²) >= 11 is 17.6. The number of aromatic nitrogens is 1. The lowest BCUT2D eigenvalue weighted by Crippen LogP contribution is -2.54. The first kappa shape index (κ1) is 23.2. The number of hydrogen-bond acceptors (Lipinski definition) is 3. The molecule has 33 heavy (non-hydrogen) atoms. The number of thiocarbonyl (C=S) groups is 1. The average Bonchev–Trinajstić information content (AvgIpc) is 3.06. The van der Waals surface area contributed by atoms with Crippen molar-refractivity contribution in [2.45, 2.75) is 27.2 Å². The second-order valence-electron chi connectivity index (χ2n) is 7.74. The number of carbonyl (C=O) groups is 2. The first-order chi connectivity index (χ1) is 15.7. The highest BCUT2D eigenvalue weighted by Crippen LogP contribution is 2.29. The molecule has 0 bridgehead atoms. The molecule has 4 rings (SSSR count). The lowest BCUT2D eigenvalue weighted by atomic mass is 10.1. The van der Waals surface area contributed by atoms with Crippen LogP contribution in [0.5, 0.6) is 0 Å². The molecule has 1 aliphatic heterocycles. The molecule has 8 heteroatoms. The molecule has 2 amide bonds. The number of amides is 2. The maximum Gasteiger partial charge on any atom is 0.270 e. The molecule has 168 valence electrons. The van der Waals surface area contributed by atoms with E-state index in [1.807, 2.05) is 54.8 Å². The van der Waals surface area contributed by atoms with Crippen LogP contribution in [-0.2, 0) is 16.0 Å². The molecule has 1 saturated heterocycles. The predicted molar refractivity (Wildman–Crippen MR) is 137 cm³/mol. The predicted octanol–water partition coefficient (Wildman–Crippen LogP) is 5.79. The quantitative estimate of drug-likeness (QED) is 0.281. The molecule has 1 N–H and O–H groups in total. The number of halogens is 2. The Morgan fingerprint density at radius 3 is 2.27 bits per heavy atom. The molecular weight excluding hydrogens is 477 g/mol. The summed E-state index contributed by atoms with van der Waals surface area (Å²) in [6.07, 6.45) is 2.48. The lowest BCUT2D eigenvalue weighted by Gasteiger charge is -2.29. The summed E-state index contributed by atoms with van der Waals surface area (Å²) in [6, 6.07) is 14.8. The van der Waals surface area contributed by atoms with Crippen LogP contribution >= 0.6 is 35.4 Å². The van der Waals surface area contributed by atoms with Gasteiger partial charge >= 0.3 is 0 Å². The maximum atomic E-state index is 13.3. The molecular formula is C25H21Cl2N3O2S. The van der Waals surface area contributed by atoms with Crippen molar-refractivity contribution in [3.63, 3.8) is 0 Å². The number of aryl methyl sites for hydroxylation is 2. The van der Waals surface area contributed by atoms with Crippen molar-refractivity contribution in [1.82, 2.24) is 9.88 Å². The summed E-state index contributed by atoms with van der Waals surface area (Å²) in [5, 5.41) is 3.61. The van der Waals surface area contributed by atoms with E-state index in [2.05, 4.69) is 12.2 Å². The molecule has 0 saturated carbocycles. The molecule has 0 unspecified atom stereocenters. The molecule has 1 aromatic heterocycles. The van der Waals surface area contributed by atoms with Crippen LogP contribution in [0, 0.1) is 13.8 Å². The monoisotopic (exact) mass is 497 g/mol. The van der Waals surface area contributed by atoms with E-state index >= 15 is 0 Å². The van der Waals surface area contributed by atoms with E-state index in [9.17, 15) is 9.59 Å². The minimum atomic E-state index is -0.522. The first-order valence-corrected chi connectivity index (χ1v) is 11.5. The molecule has 2 heterocycles. The molecule has 0 spiro atoms. The Hall–Kier alpha value is -2.93. The van der Waals surface area contributed by atoms with Crippen LogP contribution in [0.4, 0.5) is 5.69 Å². The topological polar surface area (TPSA) is 54.3 Å². The van der Waals surface area contributed by atoms with Gasteiger partial charge < -0.3 is 4.57 Å². The molecule has 0 radical (unpaired) electrons. The largest absolute Gasteiger partial charge is 0.318 e. The van der Waals surface area contributed by atoms with Gasteiger partial charge in [0.15, 0.2) is 5.11 Å². The van der Waals surface area contributed by atoms with E-state index < -0.39 is 11.8 Å². The third kappa shape index (κ3) is 4.34. The van der Waals surface area contributed by atoms with Crippen molar-refractivity contribution in [3.8, 4) is 5.69 Å². The highest BCUT2D eigenvalue weighted by Gasteiger charge is 2.34. The maximum absolute atomic E-state index is 13.3. The van der Waals surface area contributed by atoms with Crippen molar-refractivity contribution in [2.24, 2.45) is 0 Å². The van der Waals surface area contributed by atoms with Crippen LogP contribution < -0.4 is 10.2 Å². The number of nitrogens with zero attached hydrogens (tertiary/aromatic N) is 2. The van der Waals surface area contributed by atoms with E-state index in [0.29, 0.717) is 15.7 Å². The number of nitrogens with one attached hydrogen (secondary N) is 1. The van der Waals surface area contributed by atoms with Crippen molar-refractivity contribution < 1.29 is 9.59 Å². The van der Waals surface area contributed by atoms with Crippen LogP contribution in [0.25, 0.3) is 11.8 Å². The average molecular weight is 498 g/mol. The van der Waals surface area contributed by atoms with Gasteiger partial charge in [0.05, 0.1) is 15.7 Å². The van der Waals surface area contributed by atoms with Gasteiger partial charge in [-0.3, -0.25) is 19.8 Å². The van der Waals surface area contributed by atoms with Gasteiger partial charge in [0, 0.05) is 17.1 Å². The van der Waals surface area contributed by atoms with Crippen molar-refractivity contribution in [2.75, 3.05) is 4.90 Å². The molecule has 0 aliphatic carbocycles. The Morgan fingerprint density at radius 1 is 0.970 bits per heavy atom. The van der Waals surface area contributed by atoms with Crippen molar-refractivity contribution in [1.29, 1.82) is 0 Å². The van der Waals surface area contributed by atoms with E-state index in [0.717, 1.165) is 34.6 Å². The van der Waals surface area contributed by atoms with Gasteiger partial charge in [0.1, 0.15) is 5.57 Å². The zero-order chi connectivity index (χ0) is 23.9. The third-order valence-corrected chi connectivity index (χ3v) is 6.66. The highest BCUT2D eigenvalue weighted by molar-refractivity contribution is 7.80. The summed E-state index contributed by atoms with van der Waals surface area (Å²) in [4.78, 5) is 27.4. The normalized spacial score (nSPS) is 15.4. The molecule has 1 aliphatic rings. The zero-order valence-corrected chi connectivity index (χ0v) is 20.6. The Labute approximate surface area is 207 Å². The van der Waals surface area contributed by atoms with Crippen LogP contribution in [0.15, 0.2) is 54.1 Å². The standard InChI is InChI=1S/C25H21Cl2N3O2S/c1-4-16-5-7-18(8-6-16)30-24(32)20(23(31)28-25(30)33)12-17-11-14(2)29(15(17)3)19-9-10-21(26)22(27)13-19/h5-13H,4H2,1-3H3,(H,28,31,33)/b20-12-. The van der Waals surface area contributed by atoms with Crippen LogP contribution in [0.1, 0.15) is 29.4 Å². The number of hydrogen-bond donors (Lipinski definition) is 1. The van der Waals surface area contributed by atoms with Gasteiger partial charge in [0.2, 0.25) is 0 Å². The van der Waals surface area contributed by atoms with Crippen molar-refractivity contribution >= 4 is 64.1 Å². The molecule has 3 aromatic rings. The number of carbonyl (C=O) groups excluding carboxylic acids is 2. The van der Waals surface area contributed by atoms with Crippen LogP contribution in [0.2, 0.25) is 10.0 Å². The minimum Gasteiger partial charge on any atom is -0.318 e. The summed E-state index contributed by atoms with van der Waals surface area (Å²) in [5.74, 6) is -0.988. The van der Waals surface area contributed by atoms with Crippen LogP contribution in [-0.4, -0.2) is 21.5 Å². The Kier molecular flexibility index (Phi) is 6.43. The fraction of sp³-hybridized carbons (Fsp3) is 0.160. The summed E-state index contributed by atoms with van der Waals surface area (Å²) in [7, 11) is 0. The van der Waals surface area contributed by atoms with Crippen LogP contribution in [0.3, 0.4) is 0 Å². The smallest absolute Gasteiger partial charge is 0.270 e. The zero-order valence-electron chi connectivity index (χ0n) is 18.3. The van der Waals surface area contributed by atoms with Gasteiger partial charge in [-0.05, 0) is 86.1 Å². The van der Waals surface area contributed by atoms with Gasteiger partial charge in [-0.25, -0.2) is 0 Å². The Bertz CT molecular complexity index is 1330. The highest BCUT2D eigenvalue weighted by atomic mass is 35.5. The fourth-order valence-corrected chi connectivity index (χ4v) is 4.46.